The Labute approximate surface area is 129 Å². The molecule has 0 fully saturated rings. The predicted octanol–water partition coefficient (Wildman–Crippen LogP) is 1.94. The average Bonchev–Trinajstić information content (AvgIpc) is 2.86. The lowest BCUT2D eigenvalue weighted by atomic mass is 10.3. The molecule has 110 valence electrons. The fourth-order valence-corrected chi connectivity index (χ4v) is 2.20. The van der Waals surface area contributed by atoms with Gasteiger partial charge < -0.3 is 4.74 Å². The highest BCUT2D eigenvalue weighted by Gasteiger charge is 2.12. The van der Waals surface area contributed by atoms with Gasteiger partial charge in [-0.3, -0.25) is 14.9 Å². The number of carbonyl (C=O) groups excluding carboxylic acids is 2. The first kappa shape index (κ1) is 15.3. The molecule has 7 nitrogen and oxygen atoms in total. The lowest BCUT2D eigenvalue weighted by Gasteiger charge is -2.00. The highest BCUT2D eigenvalue weighted by atomic mass is 35.5. The van der Waals surface area contributed by atoms with E-state index in [-0.39, 0.29) is 23.2 Å². The molecule has 2 rings (SSSR count). The van der Waals surface area contributed by atoms with Gasteiger partial charge in [0.1, 0.15) is 10.8 Å². The van der Waals surface area contributed by atoms with Crippen LogP contribution in [0.25, 0.3) is 0 Å². The Bertz CT molecular complexity index is 644. The minimum absolute atomic E-state index is 0.0704. The molecular weight excluding hydrogens is 316 g/mol. The third kappa shape index (κ3) is 4.47. The van der Waals surface area contributed by atoms with Crippen LogP contribution in [0.5, 0.6) is 0 Å². The van der Waals surface area contributed by atoms with Crippen molar-refractivity contribution in [3.63, 3.8) is 0 Å². The lowest BCUT2D eigenvalue weighted by molar-refractivity contribution is -0.142. The van der Waals surface area contributed by atoms with Crippen molar-refractivity contribution in [2.45, 2.75) is 13.3 Å². The van der Waals surface area contributed by atoms with Gasteiger partial charge in [0.05, 0.1) is 31.1 Å². The molecule has 9 heteroatoms. The van der Waals surface area contributed by atoms with Gasteiger partial charge in [-0.15, -0.1) is 11.3 Å². The van der Waals surface area contributed by atoms with Gasteiger partial charge in [-0.1, -0.05) is 11.6 Å². The number of rotatable bonds is 5. The molecule has 0 saturated heterocycles. The van der Waals surface area contributed by atoms with E-state index >= 15 is 0 Å². The van der Waals surface area contributed by atoms with Crippen molar-refractivity contribution in [1.29, 1.82) is 0 Å². The molecule has 2 heterocycles. The number of nitrogens with zero attached hydrogens (tertiary/aromatic N) is 3. The Morgan fingerprint density at radius 3 is 2.86 bits per heavy atom. The van der Waals surface area contributed by atoms with E-state index < -0.39 is 5.91 Å². The third-order valence-electron chi connectivity index (χ3n) is 2.26. The van der Waals surface area contributed by atoms with E-state index in [4.69, 9.17) is 16.3 Å². The molecule has 0 bridgehead atoms. The highest BCUT2D eigenvalue weighted by Crippen LogP contribution is 2.17. The summed E-state index contributed by atoms with van der Waals surface area (Å²) in [5.74, 6) is -0.805. The summed E-state index contributed by atoms with van der Waals surface area (Å²) in [5.41, 5.74) is 0.664. The number of anilines is 1. The molecule has 0 aliphatic rings. The molecule has 0 saturated carbocycles. The van der Waals surface area contributed by atoms with Crippen LogP contribution in [0.15, 0.2) is 17.8 Å². The number of halogens is 1. The topological polar surface area (TPSA) is 94.1 Å². The van der Waals surface area contributed by atoms with E-state index in [9.17, 15) is 9.59 Å². The number of amides is 1. The molecule has 0 unspecified atom stereocenters. The summed E-state index contributed by atoms with van der Waals surface area (Å²) in [5, 5.41) is 4.83. The van der Waals surface area contributed by atoms with E-state index in [1.54, 1.807) is 12.3 Å². The SMILES string of the molecule is CCOC(=O)Cc1csc(NC(=O)c2cnc(Cl)cn2)n1. The van der Waals surface area contributed by atoms with Gasteiger partial charge in [0.25, 0.3) is 5.91 Å². The maximum Gasteiger partial charge on any atom is 0.311 e. The molecule has 1 N–H and O–H groups in total. The maximum atomic E-state index is 11.9. The summed E-state index contributed by atoms with van der Waals surface area (Å²) in [7, 11) is 0. The normalized spacial score (nSPS) is 10.2. The summed E-state index contributed by atoms with van der Waals surface area (Å²) in [6.07, 6.45) is 2.62. The summed E-state index contributed by atoms with van der Waals surface area (Å²) in [6.45, 7) is 2.06. The number of esters is 1. The van der Waals surface area contributed by atoms with Gasteiger partial charge in [-0.25, -0.2) is 15.0 Å². The summed E-state index contributed by atoms with van der Waals surface area (Å²) in [4.78, 5) is 34.9. The quantitative estimate of drug-likeness (QED) is 0.844. The van der Waals surface area contributed by atoms with Gasteiger partial charge in [0.15, 0.2) is 5.13 Å². The van der Waals surface area contributed by atoms with Crippen LogP contribution >= 0.6 is 22.9 Å². The van der Waals surface area contributed by atoms with Crippen LogP contribution in [0.3, 0.4) is 0 Å². The number of hydrogen-bond donors (Lipinski definition) is 1. The molecule has 0 aliphatic carbocycles. The minimum Gasteiger partial charge on any atom is -0.466 e. The number of ether oxygens (including phenoxy) is 1. The van der Waals surface area contributed by atoms with Crippen LogP contribution in [-0.4, -0.2) is 33.4 Å². The van der Waals surface area contributed by atoms with E-state index in [1.807, 2.05) is 0 Å². The second kappa shape index (κ2) is 7.09. The maximum absolute atomic E-state index is 11.9. The van der Waals surface area contributed by atoms with Gasteiger partial charge >= 0.3 is 5.97 Å². The molecule has 2 aromatic rings. The molecule has 2 aromatic heterocycles. The number of carbonyl (C=O) groups is 2. The van der Waals surface area contributed by atoms with Crippen LogP contribution in [0.1, 0.15) is 23.1 Å². The van der Waals surface area contributed by atoms with Crippen LogP contribution in [0.2, 0.25) is 5.15 Å². The Morgan fingerprint density at radius 2 is 2.19 bits per heavy atom. The number of aromatic nitrogens is 3. The van der Waals surface area contributed by atoms with Gasteiger partial charge in [0, 0.05) is 5.38 Å². The minimum atomic E-state index is -0.448. The summed E-state index contributed by atoms with van der Waals surface area (Å²) >= 11 is 6.81. The molecule has 0 radical (unpaired) electrons. The second-order valence-corrected chi connectivity index (χ2v) is 5.05. The summed E-state index contributed by atoms with van der Waals surface area (Å²) < 4.78 is 4.82. The Morgan fingerprint density at radius 1 is 1.38 bits per heavy atom. The highest BCUT2D eigenvalue weighted by molar-refractivity contribution is 7.14. The zero-order chi connectivity index (χ0) is 15.2. The van der Waals surface area contributed by atoms with E-state index in [0.29, 0.717) is 17.4 Å². The van der Waals surface area contributed by atoms with E-state index in [2.05, 4.69) is 20.3 Å². The molecule has 0 spiro atoms. The summed E-state index contributed by atoms with van der Waals surface area (Å²) in [6, 6.07) is 0. The Kier molecular flexibility index (Phi) is 5.18. The van der Waals surface area contributed by atoms with Crippen LogP contribution in [0, 0.1) is 0 Å². The molecule has 0 aliphatic heterocycles. The van der Waals surface area contributed by atoms with Gasteiger partial charge in [-0.2, -0.15) is 0 Å². The van der Waals surface area contributed by atoms with Crippen molar-refractivity contribution in [3.05, 3.63) is 34.3 Å². The van der Waals surface area contributed by atoms with E-state index in [0.717, 1.165) is 0 Å². The lowest BCUT2D eigenvalue weighted by Crippen LogP contribution is -2.14. The van der Waals surface area contributed by atoms with Crippen LogP contribution < -0.4 is 5.32 Å². The largest absolute Gasteiger partial charge is 0.466 e. The smallest absolute Gasteiger partial charge is 0.311 e. The molecule has 1 amide bonds. The second-order valence-electron chi connectivity index (χ2n) is 3.80. The fourth-order valence-electron chi connectivity index (χ4n) is 1.40. The monoisotopic (exact) mass is 326 g/mol. The van der Waals surface area contributed by atoms with Crippen molar-refractivity contribution < 1.29 is 14.3 Å². The van der Waals surface area contributed by atoms with Gasteiger partial charge in [-0.05, 0) is 6.92 Å². The van der Waals surface area contributed by atoms with Crippen molar-refractivity contribution in [1.82, 2.24) is 15.0 Å². The number of hydrogen-bond acceptors (Lipinski definition) is 7. The first-order chi connectivity index (χ1) is 10.1. The van der Waals surface area contributed by atoms with Crippen molar-refractivity contribution in [2.24, 2.45) is 0 Å². The van der Waals surface area contributed by atoms with Crippen LogP contribution in [-0.2, 0) is 16.0 Å². The molecular formula is C12H11ClN4O3S. The molecule has 21 heavy (non-hydrogen) atoms. The predicted molar refractivity (Wildman–Crippen MR) is 77.4 cm³/mol. The van der Waals surface area contributed by atoms with E-state index in [1.165, 1.54) is 23.7 Å². The zero-order valence-electron chi connectivity index (χ0n) is 11.0. The first-order valence-electron chi connectivity index (χ1n) is 5.97. The average molecular weight is 327 g/mol. The standard InChI is InChI=1S/C12H11ClN4O3S/c1-2-20-10(18)3-7-6-21-12(16-7)17-11(19)8-4-15-9(13)5-14-8/h4-6H,2-3H2,1H3,(H,16,17,19). The fraction of sp³-hybridized carbons (Fsp3) is 0.250. The zero-order valence-corrected chi connectivity index (χ0v) is 12.6. The first-order valence-corrected chi connectivity index (χ1v) is 7.23. The molecule has 0 atom stereocenters. The Balaban J connectivity index is 1.97. The van der Waals surface area contributed by atoms with Gasteiger partial charge in [0.2, 0.25) is 0 Å². The number of nitrogens with one attached hydrogen (secondary N) is 1. The van der Waals surface area contributed by atoms with Crippen molar-refractivity contribution in [3.8, 4) is 0 Å². The molecule has 0 aromatic carbocycles. The van der Waals surface area contributed by atoms with Crippen molar-refractivity contribution in [2.75, 3.05) is 11.9 Å². The number of thiazole rings is 1. The Hall–Kier alpha value is -2.06. The van der Waals surface area contributed by atoms with Crippen molar-refractivity contribution >= 4 is 39.9 Å². The third-order valence-corrected chi connectivity index (χ3v) is 3.26. The van der Waals surface area contributed by atoms with Crippen LogP contribution in [0.4, 0.5) is 5.13 Å².